The van der Waals surface area contributed by atoms with Crippen molar-refractivity contribution in [2.45, 2.75) is 92.0 Å². The molecule has 7 aromatic rings. The Balaban J connectivity index is 0.00000263. The molecule has 10 rings (SSSR count). The van der Waals surface area contributed by atoms with Crippen LogP contribution in [0.3, 0.4) is 0 Å². The maximum atomic E-state index is 13.5. The minimum absolute atomic E-state index is 0.0176. The molecule has 1 saturated heterocycles. The van der Waals surface area contributed by atoms with E-state index in [2.05, 4.69) is 14.8 Å². The van der Waals surface area contributed by atoms with Crippen LogP contribution in [0.2, 0.25) is 0 Å². The normalized spacial score (nSPS) is 15.7. The first kappa shape index (κ1) is 43.1. The number of aromatic nitrogens is 6. The van der Waals surface area contributed by atoms with Gasteiger partial charge in [-0.05, 0) is 103 Å². The number of aliphatic hydroxyl groups excluding tert-OH is 1. The van der Waals surface area contributed by atoms with E-state index >= 15 is 0 Å². The molecule has 1 atom stereocenters. The number of esters is 1. The van der Waals surface area contributed by atoms with E-state index in [0.29, 0.717) is 64.9 Å². The van der Waals surface area contributed by atoms with Crippen LogP contribution in [0.5, 0.6) is 17.2 Å². The van der Waals surface area contributed by atoms with E-state index < -0.39 is 23.9 Å². The van der Waals surface area contributed by atoms with Crippen LogP contribution in [0.1, 0.15) is 93.7 Å². The van der Waals surface area contributed by atoms with Gasteiger partial charge in [0.05, 0.1) is 40.3 Å². The van der Waals surface area contributed by atoms with Gasteiger partial charge in [-0.3, -0.25) is 4.79 Å². The van der Waals surface area contributed by atoms with E-state index in [1.165, 1.54) is 10.6 Å². The molecule has 1 unspecified atom stereocenters. The standard InChI is InChI=1S/C47H45N7O9.C2H6/c1-4-29-31-18-28(6-7-36(31)48-41-34(29)22-53-38(41)20-32-35(44(53)58)23-62-45(59)42(32)57)63-47(61)52-14-10-25(11-15-52)9-13-51-16-12-26-17-27(5-8-37(26)51)54-43(49-50-46(54)60)33-19-30(24(2)3)39(55)21-40(33)56;1-2/h5-8,12,16-21,24-25,42,55-57H,4,9-11,13-15,22-23H2,1-3H3,(H,50,60);1-2H3. The number of nitrogens with one attached hydrogen (secondary N) is 1. The van der Waals surface area contributed by atoms with Crippen LogP contribution in [-0.4, -0.2) is 74.3 Å². The molecule has 1 amide bonds. The van der Waals surface area contributed by atoms with E-state index in [4.69, 9.17) is 14.5 Å². The third-order valence-electron chi connectivity index (χ3n) is 12.9. The maximum Gasteiger partial charge on any atom is 0.415 e. The molecule has 0 aliphatic carbocycles. The Kier molecular flexibility index (Phi) is 11.3. The van der Waals surface area contributed by atoms with Gasteiger partial charge in [-0.2, -0.15) is 5.10 Å². The fourth-order valence-corrected chi connectivity index (χ4v) is 9.52. The number of cyclic esters (lactones) is 1. The molecule has 0 bridgehead atoms. The second-order valence-electron chi connectivity index (χ2n) is 16.9. The average molecular weight is 882 g/mol. The summed E-state index contributed by atoms with van der Waals surface area (Å²) >= 11 is 0. The van der Waals surface area contributed by atoms with Gasteiger partial charge < -0.3 is 38.8 Å². The van der Waals surface area contributed by atoms with Crippen molar-refractivity contribution < 1.29 is 34.4 Å². The highest BCUT2D eigenvalue weighted by molar-refractivity contribution is 5.90. The van der Waals surface area contributed by atoms with Crippen LogP contribution in [0, 0.1) is 5.92 Å². The third kappa shape index (κ3) is 7.50. The number of carbonyl (C=O) groups is 2. The summed E-state index contributed by atoms with van der Waals surface area (Å²) in [6, 6.07) is 17.7. The van der Waals surface area contributed by atoms with Gasteiger partial charge in [0.2, 0.25) is 0 Å². The van der Waals surface area contributed by atoms with Crippen molar-refractivity contribution in [2.24, 2.45) is 5.92 Å². The number of aryl methyl sites for hydroxylation is 2. The number of aliphatic hydroxyl groups is 1. The molecule has 0 radical (unpaired) electrons. The molecule has 3 aromatic carbocycles. The van der Waals surface area contributed by atoms with Crippen molar-refractivity contribution in [3.8, 4) is 45.7 Å². The monoisotopic (exact) mass is 881 g/mol. The number of benzene rings is 3. The van der Waals surface area contributed by atoms with Gasteiger partial charge in [-0.25, -0.2) is 29.0 Å². The predicted molar refractivity (Wildman–Crippen MR) is 243 cm³/mol. The maximum absolute atomic E-state index is 13.5. The molecule has 4 aromatic heterocycles. The summed E-state index contributed by atoms with van der Waals surface area (Å²) in [6.45, 7) is 11.9. The highest BCUT2D eigenvalue weighted by Crippen LogP contribution is 2.40. The minimum atomic E-state index is -1.52. The molecule has 16 nitrogen and oxygen atoms in total. The first-order valence-electron chi connectivity index (χ1n) is 22.2. The summed E-state index contributed by atoms with van der Waals surface area (Å²) in [6.07, 6.45) is 3.33. The minimum Gasteiger partial charge on any atom is -0.508 e. The first-order chi connectivity index (χ1) is 31.4. The number of piperidine rings is 1. The Labute approximate surface area is 373 Å². The van der Waals surface area contributed by atoms with Gasteiger partial charge in [0.15, 0.2) is 11.9 Å². The fraction of sp³-hybridized carbons (Fsp3) is 0.347. The Morgan fingerprint density at radius 2 is 1.75 bits per heavy atom. The smallest absolute Gasteiger partial charge is 0.415 e. The van der Waals surface area contributed by atoms with Crippen LogP contribution in [-0.2, 0) is 35.6 Å². The van der Waals surface area contributed by atoms with Gasteiger partial charge in [-0.1, -0.05) is 34.6 Å². The lowest BCUT2D eigenvalue weighted by Gasteiger charge is -2.31. The topological polar surface area (TPSA) is 207 Å². The lowest BCUT2D eigenvalue weighted by Crippen LogP contribution is -2.40. The zero-order chi connectivity index (χ0) is 45.8. The van der Waals surface area contributed by atoms with Gasteiger partial charge in [0, 0.05) is 59.3 Å². The molecular formula is C49H51N7O9. The van der Waals surface area contributed by atoms with Crippen molar-refractivity contribution >= 4 is 33.9 Å². The number of hydrogen-bond acceptors (Lipinski definition) is 11. The largest absolute Gasteiger partial charge is 0.508 e. The van der Waals surface area contributed by atoms with Crippen LogP contribution < -0.4 is 16.0 Å². The first-order valence-corrected chi connectivity index (χ1v) is 22.2. The molecule has 3 aliphatic heterocycles. The molecular weight excluding hydrogens is 831 g/mol. The molecule has 16 heteroatoms. The van der Waals surface area contributed by atoms with Crippen LogP contribution in [0.25, 0.3) is 50.3 Å². The van der Waals surface area contributed by atoms with Crippen LogP contribution in [0.15, 0.2) is 76.4 Å². The van der Waals surface area contributed by atoms with E-state index in [9.17, 15) is 34.5 Å². The summed E-state index contributed by atoms with van der Waals surface area (Å²) < 4.78 is 16.2. The molecule has 4 N–H and O–H groups in total. The van der Waals surface area contributed by atoms with Crippen molar-refractivity contribution in [3.05, 3.63) is 116 Å². The predicted octanol–water partition coefficient (Wildman–Crippen LogP) is 7.44. The summed E-state index contributed by atoms with van der Waals surface area (Å²) in [5.41, 5.74) is 6.02. The number of carbonyl (C=O) groups excluding carboxylic acids is 2. The molecule has 0 spiro atoms. The van der Waals surface area contributed by atoms with E-state index in [-0.39, 0.29) is 53.1 Å². The van der Waals surface area contributed by atoms with E-state index in [0.717, 1.165) is 53.2 Å². The zero-order valence-electron chi connectivity index (χ0n) is 36.9. The molecule has 7 heterocycles. The number of ether oxygens (including phenoxy) is 2. The summed E-state index contributed by atoms with van der Waals surface area (Å²) in [7, 11) is 0. The number of H-pyrrole nitrogens is 1. The number of nitrogens with zero attached hydrogens (tertiary/aromatic N) is 6. The average Bonchev–Trinajstić information content (AvgIpc) is 4.01. The lowest BCUT2D eigenvalue weighted by molar-refractivity contribution is -0.157. The van der Waals surface area contributed by atoms with Crippen LogP contribution >= 0.6 is 0 Å². The number of rotatable bonds is 8. The highest BCUT2D eigenvalue weighted by atomic mass is 16.6. The number of aromatic amines is 1. The molecule has 3 aliphatic rings. The van der Waals surface area contributed by atoms with Gasteiger partial charge >= 0.3 is 17.8 Å². The van der Waals surface area contributed by atoms with Crippen molar-refractivity contribution in [3.63, 3.8) is 0 Å². The van der Waals surface area contributed by atoms with Crippen molar-refractivity contribution in [1.82, 2.24) is 33.8 Å². The van der Waals surface area contributed by atoms with Crippen molar-refractivity contribution in [1.29, 1.82) is 0 Å². The quantitative estimate of drug-likeness (QED) is 0.110. The Morgan fingerprint density at radius 3 is 2.51 bits per heavy atom. The third-order valence-corrected chi connectivity index (χ3v) is 12.9. The summed E-state index contributed by atoms with van der Waals surface area (Å²) in [5, 5.41) is 40.1. The van der Waals surface area contributed by atoms with Gasteiger partial charge in [0.1, 0.15) is 23.9 Å². The van der Waals surface area contributed by atoms with Crippen molar-refractivity contribution in [2.75, 3.05) is 13.1 Å². The second kappa shape index (κ2) is 17.1. The number of aromatic hydroxyl groups is 2. The molecule has 65 heavy (non-hydrogen) atoms. The summed E-state index contributed by atoms with van der Waals surface area (Å²) in [5.74, 6) is 0.0499. The van der Waals surface area contributed by atoms with Gasteiger partial charge in [0.25, 0.3) is 5.56 Å². The van der Waals surface area contributed by atoms with Crippen LogP contribution in [0.4, 0.5) is 4.79 Å². The number of fused-ring (bicyclic) bond motifs is 6. The van der Waals surface area contributed by atoms with E-state index in [1.807, 2.05) is 71.1 Å². The number of hydrogen-bond donors (Lipinski definition) is 4. The Bertz CT molecular complexity index is 3150. The molecule has 1 fully saturated rings. The number of pyridine rings is 2. The Hall–Kier alpha value is -7.20. The number of phenols is 2. The SMILES string of the molecule is CC.CCc1c2c(nc3ccc(OC(=O)N4CCC(CCn5ccc6cc(-n7c(-c8cc(C(C)C)c(O)cc8O)n[nH]c7=O)ccc65)CC4)cc13)-c1cc3c(c(=O)n1C2)COC(=O)C3O. The second-order valence-corrected chi connectivity index (χ2v) is 16.9. The van der Waals surface area contributed by atoms with Gasteiger partial charge in [-0.15, -0.1) is 0 Å². The zero-order valence-corrected chi connectivity index (χ0v) is 36.9. The number of phenolic OH excluding ortho intramolecular Hbond substituents is 2. The molecule has 336 valence electrons. The number of amides is 1. The highest BCUT2D eigenvalue weighted by Gasteiger charge is 2.35. The Morgan fingerprint density at radius 1 is 0.969 bits per heavy atom. The van der Waals surface area contributed by atoms with E-state index in [1.54, 1.807) is 33.7 Å². The number of likely N-dealkylation sites (tertiary alicyclic amines) is 1. The molecule has 0 saturated carbocycles. The summed E-state index contributed by atoms with van der Waals surface area (Å²) in [4.78, 5) is 58.7. The fourth-order valence-electron chi connectivity index (χ4n) is 9.52. The lowest BCUT2D eigenvalue weighted by atomic mass is 9.94.